The van der Waals surface area contributed by atoms with Gasteiger partial charge in [0.25, 0.3) is 0 Å². The number of fused-ring (bicyclic) bond motifs is 2. The van der Waals surface area contributed by atoms with Crippen LogP contribution in [0.2, 0.25) is 0 Å². The van der Waals surface area contributed by atoms with Gasteiger partial charge in [0.1, 0.15) is 0 Å². The standard InChI is InChI=1S/C20H35/c1-13(2)16-8-7-14(3)11-17(16)18-19(4,5)15-9-10-20(18,6)12-15/h13-17H,7-12H2,1-6H3. The topological polar surface area (TPSA) is 0 Å². The van der Waals surface area contributed by atoms with Crippen LogP contribution in [0.3, 0.4) is 0 Å². The maximum atomic E-state index is 2.60. The molecule has 3 saturated carbocycles. The molecule has 3 fully saturated rings. The van der Waals surface area contributed by atoms with Crippen LogP contribution in [0.5, 0.6) is 0 Å². The van der Waals surface area contributed by atoms with Crippen LogP contribution in [0.25, 0.3) is 0 Å². The van der Waals surface area contributed by atoms with Gasteiger partial charge in [-0.3, -0.25) is 0 Å². The fourth-order valence-electron chi connectivity index (χ4n) is 6.56. The minimum atomic E-state index is 0.516. The SMILES string of the molecule is CC1CCC(C(C)C)C([C]2C3(C)CCC(C3)C2(C)C)C1. The maximum Gasteiger partial charge on any atom is -0.00889 e. The van der Waals surface area contributed by atoms with Crippen molar-refractivity contribution in [2.45, 2.75) is 80.1 Å². The molecule has 0 heteroatoms. The molecule has 0 saturated heterocycles. The van der Waals surface area contributed by atoms with Crippen molar-refractivity contribution in [3.05, 3.63) is 5.92 Å². The summed E-state index contributed by atoms with van der Waals surface area (Å²) in [5.41, 5.74) is 1.10. The van der Waals surface area contributed by atoms with Crippen LogP contribution in [0, 0.1) is 46.3 Å². The van der Waals surface area contributed by atoms with E-state index >= 15 is 0 Å². The molecule has 0 N–H and O–H groups in total. The first-order valence-corrected chi connectivity index (χ1v) is 9.13. The Bertz CT molecular complexity index is 361. The summed E-state index contributed by atoms with van der Waals surface area (Å²) >= 11 is 0. The molecule has 3 rings (SSSR count). The quantitative estimate of drug-likeness (QED) is 0.570. The van der Waals surface area contributed by atoms with Gasteiger partial charge in [0, 0.05) is 0 Å². The molecule has 0 amide bonds. The summed E-state index contributed by atoms with van der Waals surface area (Å²) in [5, 5.41) is 0. The lowest BCUT2D eigenvalue weighted by Crippen LogP contribution is -2.44. The Morgan fingerprint density at radius 3 is 2.30 bits per heavy atom. The Morgan fingerprint density at radius 2 is 1.75 bits per heavy atom. The minimum Gasteiger partial charge on any atom is -0.0625 e. The Labute approximate surface area is 127 Å². The first-order chi connectivity index (χ1) is 9.25. The Hall–Kier alpha value is 0. The van der Waals surface area contributed by atoms with E-state index in [-0.39, 0.29) is 0 Å². The zero-order valence-electron chi connectivity index (χ0n) is 14.6. The first kappa shape index (κ1) is 14.9. The zero-order valence-corrected chi connectivity index (χ0v) is 14.6. The molecule has 0 heterocycles. The highest BCUT2D eigenvalue weighted by molar-refractivity contribution is 5.28. The van der Waals surface area contributed by atoms with Crippen molar-refractivity contribution in [1.29, 1.82) is 0 Å². The summed E-state index contributed by atoms with van der Waals surface area (Å²) in [6.45, 7) is 15.2. The number of hydrogen-bond donors (Lipinski definition) is 0. The van der Waals surface area contributed by atoms with Gasteiger partial charge in [-0.15, -0.1) is 0 Å². The van der Waals surface area contributed by atoms with Gasteiger partial charge >= 0.3 is 0 Å². The predicted molar refractivity (Wildman–Crippen MR) is 87.3 cm³/mol. The van der Waals surface area contributed by atoms with Crippen molar-refractivity contribution in [3.63, 3.8) is 0 Å². The van der Waals surface area contributed by atoms with Crippen LogP contribution in [0.4, 0.5) is 0 Å². The summed E-state index contributed by atoms with van der Waals surface area (Å²) < 4.78 is 0. The molecule has 0 aromatic carbocycles. The van der Waals surface area contributed by atoms with Crippen molar-refractivity contribution in [3.8, 4) is 0 Å². The van der Waals surface area contributed by atoms with E-state index in [2.05, 4.69) is 41.5 Å². The van der Waals surface area contributed by atoms with Crippen LogP contribution >= 0.6 is 0 Å². The fraction of sp³-hybridized carbons (Fsp3) is 0.950. The second-order valence-corrected chi connectivity index (χ2v) is 9.57. The highest BCUT2D eigenvalue weighted by Gasteiger charge is 2.62. The molecule has 2 bridgehead atoms. The van der Waals surface area contributed by atoms with E-state index < -0.39 is 0 Å². The molecule has 5 atom stereocenters. The van der Waals surface area contributed by atoms with Crippen LogP contribution < -0.4 is 0 Å². The molecular formula is C20H35. The molecular weight excluding hydrogens is 240 g/mol. The van der Waals surface area contributed by atoms with Crippen molar-refractivity contribution >= 4 is 0 Å². The van der Waals surface area contributed by atoms with Gasteiger partial charge in [0.2, 0.25) is 0 Å². The lowest BCUT2D eigenvalue weighted by molar-refractivity contribution is 0.0773. The third kappa shape index (κ3) is 2.08. The van der Waals surface area contributed by atoms with Crippen LogP contribution in [-0.4, -0.2) is 0 Å². The summed E-state index contributed by atoms with van der Waals surface area (Å²) in [5.74, 6) is 6.67. The zero-order chi connectivity index (χ0) is 14.7. The lowest BCUT2D eigenvalue weighted by atomic mass is 9.52. The second kappa shape index (κ2) is 4.75. The smallest absolute Gasteiger partial charge is 0.00889 e. The summed E-state index contributed by atoms with van der Waals surface area (Å²) in [7, 11) is 0. The van der Waals surface area contributed by atoms with E-state index in [4.69, 9.17) is 0 Å². The first-order valence-electron chi connectivity index (χ1n) is 9.13. The molecule has 1 radical (unpaired) electrons. The number of hydrogen-bond acceptors (Lipinski definition) is 0. The van der Waals surface area contributed by atoms with Crippen LogP contribution in [0.15, 0.2) is 0 Å². The molecule has 3 aliphatic rings. The minimum absolute atomic E-state index is 0.516. The molecule has 0 aromatic heterocycles. The van der Waals surface area contributed by atoms with Crippen molar-refractivity contribution < 1.29 is 0 Å². The lowest BCUT2D eigenvalue weighted by Gasteiger charge is -2.52. The van der Waals surface area contributed by atoms with Crippen molar-refractivity contribution in [2.24, 2.45) is 40.4 Å². The molecule has 0 aromatic rings. The van der Waals surface area contributed by atoms with Crippen LogP contribution in [-0.2, 0) is 0 Å². The number of rotatable bonds is 2. The summed E-state index contributed by atoms with van der Waals surface area (Å²) in [6, 6.07) is 0. The van der Waals surface area contributed by atoms with Gasteiger partial charge in [-0.1, -0.05) is 48.0 Å². The average Bonchev–Trinajstić information content (AvgIpc) is 2.79. The van der Waals surface area contributed by atoms with Crippen LogP contribution in [0.1, 0.15) is 80.1 Å². The van der Waals surface area contributed by atoms with Gasteiger partial charge in [-0.25, -0.2) is 0 Å². The highest BCUT2D eigenvalue weighted by atomic mass is 14.7. The van der Waals surface area contributed by atoms with Gasteiger partial charge in [0.15, 0.2) is 0 Å². The normalized spacial score (nSPS) is 48.1. The van der Waals surface area contributed by atoms with E-state index in [1.807, 2.05) is 5.92 Å². The molecule has 115 valence electrons. The second-order valence-electron chi connectivity index (χ2n) is 9.57. The summed E-state index contributed by atoms with van der Waals surface area (Å²) in [6.07, 6.45) is 8.87. The third-order valence-electron chi connectivity index (χ3n) is 7.50. The van der Waals surface area contributed by atoms with E-state index in [0.717, 1.165) is 29.6 Å². The maximum absolute atomic E-state index is 2.60. The molecule has 20 heavy (non-hydrogen) atoms. The van der Waals surface area contributed by atoms with E-state index in [0.29, 0.717) is 10.8 Å². The Balaban J connectivity index is 1.92. The fourth-order valence-corrected chi connectivity index (χ4v) is 6.56. The third-order valence-corrected chi connectivity index (χ3v) is 7.50. The van der Waals surface area contributed by atoms with Gasteiger partial charge in [0.05, 0.1) is 0 Å². The van der Waals surface area contributed by atoms with Gasteiger partial charge in [-0.2, -0.15) is 0 Å². The summed E-state index contributed by atoms with van der Waals surface area (Å²) in [4.78, 5) is 0. The van der Waals surface area contributed by atoms with E-state index in [1.165, 1.54) is 38.5 Å². The highest BCUT2D eigenvalue weighted by Crippen LogP contribution is 2.71. The predicted octanol–water partition coefficient (Wildman–Crippen LogP) is 6.12. The average molecular weight is 276 g/mol. The largest absolute Gasteiger partial charge is 0.0625 e. The molecule has 0 nitrogen and oxygen atoms in total. The molecule has 0 aliphatic heterocycles. The molecule has 0 spiro atoms. The van der Waals surface area contributed by atoms with E-state index in [9.17, 15) is 0 Å². The van der Waals surface area contributed by atoms with Crippen molar-refractivity contribution in [1.82, 2.24) is 0 Å². The Morgan fingerprint density at radius 1 is 1.05 bits per heavy atom. The monoisotopic (exact) mass is 275 g/mol. The van der Waals surface area contributed by atoms with Gasteiger partial charge < -0.3 is 0 Å². The van der Waals surface area contributed by atoms with Crippen molar-refractivity contribution in [2.75, 3.05) is 0 Å². The van der Waals surface area contributed by atoms with Gasteiger partial charge in [-0.05, 0) is 78.4 Å². The van der Waals surface area contributed by atoms with E-state index in [1.54, 1.807) is 0 Å². The molecule has 3 aliphatic carbocycles. The molecule has 5 unspecified atom stereocenters. The Kier molecular flexibility index (Phi) is 3.54.